The van der Waals surface area contributed by atoms with E-state index >= 15 is 0 Å². The second-order valence-corrected chi connectivity index (χ2v) is 8.21. The first-order valence-corrected chi connectivity index (χ1v) is 9.87. The van der Waals surface area contributed by atoms with Gasteiger partial charge in [-0.2, -0.15) is 0 Å². The number of nitrogens with zero attached hydrogens (tertiary/aromatic N) is 4. The smallest absolute Gasteiger partial charge is 0.240 e. The van der Waals surface area contributed by atoms with E-state index in [1.807, 2.05) is 54.6 Å². The number of carbonyl (C=O) groups excluding carboxylic acids is 1. The third kappa shape index (κ3) is 3.06. The number of rotatable bonds is 4. The number of carbonyl (C=O) groups is 1. The molecule has 2 unspecified atom stereocenters. The highest BCUT2D eigenvalue weighted by atomic mass is 32.2. The number of furan rings is 1. The van der Waals surface area contributed by atoms with E-state index in [0.29, 0.717) is 5.16 Å². The van der Waals surface area contributed by atoms with Crippen molar-refractivity contribution in [1.82, 2.24) is 14.8 Å². The summed E-state index contributed by atoms with van der Waals surface area (Å²) in [6, 6.07) is 10.2. The first-order chi connectivity index (χ1) is 13.0. The van der Waals surface area contributed by atoms with Gasteiger partial charge in [0, 0.05) is 18.8 Å². The van der Waals surface area contributed by atoms with Gasteiger partial charge in [-0.25, -0.2) is 0 Å². The number of hydrogen-bond acceptors (Lipinski definition) is 5. The van der Waals surface area contributed by atoms with Crippen molar-refractivity contribution in [2.24, 2.45) is 7.05 Å². The molecule has 1 aliphatic heterocycles. The van der Waals surface area contributed by atoms with Crippen LogP contribution >= 0.6 is 11.8 Å². The van der Waals surface area contributed by atoms with Gasteiger partial charge in [-0.15, -0.1) is 10.2 Å². The molecule has 7 heteroatoms. The summed E-state index contributed by atoms with van der Waals surface area (Å²) < 4.78 is 7.28. The van der Waals surface area contributed by atoms with Crippen LogP contribution in [0.2, 0.25) is 0 Å². The van der Waals surface area contributed by atoms with Gasteiger partial charge in [-0.1, -0.05) is 30.0 Å². The van der Waals surface area contributed by atoms with Gasteiger partial charge in [0.05, 0.1) is 17.1 Å². The van der Waals surface area contributed by atoms with Crippen LogP contribution in [0.4, 0.5) is 5.69 Å². The summed E-state index contributed by atoms with van der Waals surface area (Å²) in [5.74, 6) is 1.64. The Hall–Kier alpha value is -2.54. The average Bonchev–Trinajstić information content (AvgIpc) is 3.31. The first kappa shape index (κ1) is 17.9. The van der Waals surface area contributed by atoms with E-state index in [0.717, 1.165) is 29.3 Å². The fourth-order valence-electron chi connectivity index (χ4n) is 3.57. The van der Waals surface area contributed by atoms with Gasteiger partial charge in [0.2, 0.25) is 5.91 Å². The molecule has 0 bridgehead atoms. The molecule has 3 heterocycles. The van der Waals surface area contributed by atoms with Crippen LogP contribution in [0.25, 0.3) is 11.4 Å². The molecule has 4 rings (SSSR count). The molecule has 6 nitrogen and oxygen atoms in total. The van der Waals surface area contributed by atoms with Crippen molar-refractivity contribution in [3.8, 4) is 11.4 Å². The Bertz CT molecular complexity index is 994. The predicted octanol–water partition coefficient (Wildman–Crippen LogP) is 3.84. The molecule has 0 spiro atoms. The summed E-state index contributed by atoms with van der Waals surface area (Å²) in [7, 11) is 1.91. The second kappa shape index (κ2) is 6.88. The van der Waals surface area contributed by atoms with Crippen LogP contribution < -0.4 is 4.90 Å². The molecule has 0 N–H and O–H groups in total. The van der Waals surface area contributed by atoms with Gasteiger partial charge in [-0.05, 0) is 44.9 Å². The summed E-state index contributed by atoms with van der Waals surface area (Å²) >= 11 is 1.43. The Morgan fingerprint density at radius 1 is 1.30 bits per heavy atom. The van der Waals surface area contributed by atoms with Crippen LogP contribution in [0.3, 0.4) is 0 Å². The highest BCUT2D eigenvalue weighted by molar-refractivity contribution is 8.00. The standard InChI is InChI=1S/C20H22N4O2S/c1-12-11-15-7-5-6-8-17(15)24(12)19(25)14(3)27-20-22-21-18(23(20)4)16-9-10-26-13(16)2/h5-10,12,14H,11H2,1-4H3. The van der Waals surface area contributed by atoms with Gasteiger partial charge in [0.15, 0.2) is 11.0 Å². The molecule has 1 aliphatic rings. The molecule has 1 aromatic carbocycles. The Morgan fingerprint density at radius 2 is 2.07 bits per heavy atom. The lowest BCUT2D eigenvalue weighted by Crippen LogP contribution is -2.40. The van der Waals surface area contributed by atoms with Crippen LogP contribution in [-0.4, -0.2) is 32.0 Å². The molecular weight excluding hydrogens is 360 g/mol. The van der Waals surface area contributed by atoms with Crippen molar-refractivity contribution in [1.29, 1.82) is 0 Å². The van der Waals surface area contributed by atoms with Gasteiger partial charge in [0.25, 0.3) is 0 Å². The summed E-state index contributed by atoms with van der Waals surface area (Å²) in [5.41, 5.74) is 3.17. The van der Waals surface area contributed by atoms with Crippen molar-refractivity contribution in [3.63, 3.8) is 0 Å². The van der Waals surface area contributed by atoms with Gasteiger partial charge in [0.1, 0.15) is 5.76 Å². The summed E-state index contributed by atoms with van der Waals surface area (Å²) in [5, 5.41) is 9.03. The molecule has 2 atom stereocenters. The Morgan fingerprint density at radius 3 is 2.81 bits per heavy atom. The Labute approximate surface area is 162 Å². The third-order valence-corrected chi connectivity index (χ3v) is 6.13. The fourth-order valence-corrected chi connectivity index (χ4v) is 4.44. The maximum Gasteiger partial charge on any atom is 0.240 e. The normalized spacial score (nSPS) is 17.2. The number of aromatic nitrogens is 3. The maximum atomic E-state index is 13.2. The van der Waals surface area contributed by atoms with E-state index in [4.69, 9.17) is 4.42 Å². The number of hydrogen-bond donors (Lipinski definition) is 0. The van der Waals surface area contributed by atoms with Crippen molar-refractivity contribution in [3.05, 3.63) is 47.9 Å². The minimum atomic E-state index is -0.264. The molecule has 0 radical (unpaired) electrons. The van der Waals surface area contributed by atoms with Crippen LogP contribution in [0.15, 0.2) is 46.2 Å². The van der Waals surface area contributed by atoms with Crippen LogP contribution in [0, 0.1) is 6.92 Å². The van der Waals surface area contributed by atoms with Gasteiger partial charge >= 0.3 is 0 Å². The molecule has 1 amide bonds. The molecule has 140 valence electrons. The molecule has 0 saturated carbocycles. The van der Waals surface area contributed by atoms with Crippen molar-refractivity contribution < 1.29 is 9.21 Å². The number of para-hydroxylation sites is 1. The molecule has 27 heavy (non-hydrogen) atoms. The lowest BCUT2D eigenvalue weighted by Gasteiger charge is -2.25. The molecule has 0 aliphatic carbocycles. The van der Waals surface area contributed by atoms with E-state index < -0.39 is 0 Å². The third-order valence-electron chi connectivity index (χ3n) is 5.01. The van der Waals surface area contributed by atoms with E-state index in [9.17, 15) is 4.79 Å². The lowest BCUT2D eigenvalue weighted by atomic mass is 10.1. The van der Waals surface area contributed by atoms with Crippen molar-refractivity contribution in [2.75, 3.05) is 4.90 Å². The second-order valence-electron chi connectivity index (χ2n) is 6.91. The zero-order valence-electron chi connectivity index (χ0n) is 15.8. The highest BCUT2D eigenvalue weighted by Crippen LogP contribution is 2.35. The van der Waals surface area contributed by atoms with Crippen LogP contribution in [0.5, 0.6) is 0 Å². The molecule has 3 aromatic rings. The van der Waals surface area contributed by atoms with E-state index in [-0.39, 0.29) is 17.2 Å². The van der Waals surface area contributed by atoms with E-state index in [1.165, 1.54) is 17.3 Å². The fraction of sp³-hybridized carbons (Fsp3) is 0.350. The zero-order chi connectivity index (χ0) is 19.1. The Balaban J connectivity index is 1.55. The van der Waals surface area contributed by atoms with E-state index in [1.54, 1.807) is 6.26 Å². The van der Waals surface area contributed by atoms with Gasteiger partial charge < -0.3 is 13.9 Å². The minimum Gasteiger partial charge on any atom is -0.469 e. The minimum absolute atomic E-state index is 0.0986. The molecule has 2 aromatic heterocycles. The summed E-state index contributed by atoms with van der Waals surface area (Å²) in [6.45, 7) is 5.92. The van der Waals surface area contributed by atoms with Crippen molar-refractivity contribution in [2.45, 2.75) is 43.6 Å². The maximum absolute atomic E-state index is 13.2. The topological polar surface area (TPSA) is 64.2 Å². The monoisotopic (exact) mass is 382 g/mol. The summed E-state index contributed by atoms with van der Waals surface area (Å²) in [4.78, 5) is 15.1. The Kier molecular flexibility index (Phi) is 4.55. The largest absolute Gasteiger partial charge is 0.469 e. The molecule has 0 saturated heterocycles. The SMILES string of the molecule is Cc1occc1-c1nnc(SC(C)C(=O)N2c3ccccc3CC2C)n1C. The number of fused-ring (bicyclic) bond motifs is 1. The van der Waals surface area contributed by atoms with E-state index in [2.05, 4.69) is 23.2 Å². The first-order valence-electron chi connectivity index (χ1n) is 8.99. The number of aryl methyl sites for hydroxylation is 1. The summed E-state index contributed by atoms with van der Waals surface area (Å²) in [6.07, 6.45) is 2.54. The van der Waals surface area contributed by atoms with Crippen LogP contribution in [-0.2, 0) is 18.3 Å². The molecular formula is C20H22N4O2S. The highest BCUT2D eigenvalue weighted by Gasteiger charge is 2.34. The zero-order valence-corrected chi connectivity index (χ0v) is 16.7. The number of thioether (sulfide) groups is 1. The average molecular weight is 382 g/mol. The number of anilines is 1. The quantitative estimate of drug-likeness (QED) is 0.642. The molecule has 0 fully saturated rings. The van der Waals surface area contributed by atoms with Crippen molar-refractivity contribution >= 4 is 23.4 Å². The number of amides is 1. The predicted molar refractivity (Wildman–Crippen MR) is 106 cm³/mol. The number of benzene rings is 1. The van der Waals surface area contributed by atoms with Crippen LogP contribution in [0.1, 0.15) is 25.2 Å². The van der Waals surface area contributed by atoms with Gasteiger partial charge in [-0.3, -0.25) is 4.79 Å². The lowest BCUT2D eigenvalue weighted by molar-refractivity contribution is -0.118.